The van der Waals surface area contributed by atoms with Crippen LogP contribution in [0.15, 0.2) is 35.0 Å². The summed E-state index contributed by atoms with van der Waals surface area (Å²) in [5.74, 6) is 0. The average Bonchev–Trinajstić information content (AvgIpc) is 3.14. The molecule has 0 saturated heterocycles. The monoisotopic (exact) mass is 448 g/mol. The fourth-order valence-electron chi connectivity index (χ4n) is 1.89. The summed E-state index contributed by atoms with van der Waals surface area (Å²) in [5.41, 5.74) is 0. The zero-order valence-corrected chi connectivity index (χ0v) is 22.5. The van der Waals surface area contributed by atoms with Crippen molar-refractivity contribution in [2.45, 2.75) is 13.1 Å². The first-order valence-corrected chi connectivity index (χ1v) is 9.92. The van der Waals surface area contributed by atoms with Crippen molar-refractivity contribution in [2.24, 2.45) is 0 Å². The van der Waals surface area contributed by atoms with Crippen molar-refractivity contribution in [3.8, 4) is 0 Å². The molecule has 118 valence electrons. The van der Waals surface area contributed by atoms with Crippen LogP contribution >= 0.6 is 47.1 Å². The van der Waals surface area contributed by atoms with Crippen LogP contribution in [-0.4, -0.2) is 31.5 Å². The third-order valence-electron chi connectivity index (χ3n) is 3.01. The summed E-state index contributed by atoms with van der Waals surface area (Å²) in [4.78, 5) is 6.53. The maximum absolute atomic E-state index is 5.19. The minimum Gasteiger partial charge on any atom is -0.411 e. The molecule has 0 amide bonds. The first kappa shape index (κ1) is 25.6. The molecular weight excluding hydrogens is 435 g/mol. The predicted octanol–water partition coefficient (Wildman–Crippen LogP) is -2.21. The standard InChI is InChI=1S/C14H16N2S6.2Na/c17-13(18)15(9-11-3-1-7-21-11)5-6-16(14(19)20)10-12-4-2-8-22-12;;/h1-4,7-8H,5-6,9-10H2,(H,17,18)(H,19,20);;/q;2*+1/p-2. The second-order valence-corrected chi connectivity index (χ2v) is 8.66. The minimum absolute atomic E-state index is 0. The van der Waals surface area contributed by atoms with E-state index in [1.165, 1.54) is 9.75 Å². The Morgan fingerprint density at radius 1 is 0.833 bits per heavy atom. The van der Waals surface area contributed by atoms with Crippen LogP contribution < -0.4 is 59.1 Å². The van der Waals surface area contributed by atoms with E-state index in [-0.39, 0.29) is 59.1 Å². The summed E-state index contributed by atoms with van der Waals surface area (Å²) in [6.07, 6.45) is 0. The van der Waals surface area contributed by atoms with Gasteiger partial charge in [0.2, 0.25) is 0 Å². The molecule has 10 heteroatoms. The summed E-state index contributed by atoms with van der Waals surface area (Å²) >= 11 is 24.2. The number of hydrogen-bond donors (Lipinski definition) is 0. The molecule has 0 aliphatic rings. The molecule has 0 bridgehead atoms. The molecule has 2 nitrogen and oxygen atoms in total. The van der Waals surface area contributed by atoms with Crippen molar-refractivity contribution in [3.05, 3.63) is 44.8 Å². The van der Waals surface area contributed by atoms with Crippen molar-refractivity contribution < 1.29 is 59.1 Å². The molecule has 0 aliphatic carbocycles. The molecular formula is C14H14N2Na2S6. The van der Waals surface area contributed by atoms with Crippen LogP contribution in [0.4, 0.5) is 0 Å². The normalized spacial score (nSPS) is 9.50. The van der Waals surface area contributed by atoms with Crippen molar-refractivity contribution in [2.75, 3.05) is 13.1 Å². The summed E-state index contributed by atoms with van der Waals surface area (Å²) in [7, 11) is 0. The van der Waals surface area contributed by atoms with Gasteiger partial charge in [0.15, 0.2) is 0 Å². The zero-order valence-electron chi connectivity index (χ0n) is 13.6. The van der Waals surface area contributed by atoms with E-state index in [9.17, 15) is 0 Å². The summed E-state index contributed by atoms with van der Waals surface area (Å²) < 4.78 is 0.972. The van der Waals surface area contributed by atoms with Gasteiger partial charge >= 0.3 is 59.1 Å². The molecule has 24 heavy (non-hydrogen) atoms. The SMILES string of the molecule is S=C([S-])N(CCN(Cc1cccs1)C(=S)[S-])Cc1cccs1.[Na+].[Na+]. The predicted molar refractivity (Wildman–Crippen MR) is 109 cm³/mol. The Morgan fingerprint density at radius 2 is 1.21 bits per heavy atom. The molecule has 2 rings (SSSR count). The van der Waals surface area contributed by atoms with Gasteiger partial charge in [-0.1, -0.05) is 20.8 Å². The first-order chi connectivity index (χ1) is 10.6. The van der Waals surface area contributed by atoms with Crippen LogP contribution in [0.1, 0.15) is 9.75 Å². The van der Waals surface area contributed by atoms with Crippen LogP contribution in [0, 0.1) is 0 Å². The largest absolute Gasteiger partial charge is 1.00 e. The summed E-state index contributed by atoms with van der Waals surface area (Å²) in [5, 5.41) is 4.11. The Hall–Kier alpha value is 1.62. The molecule has 2 heterocycles. The summed E-state index contributed by atoms with van der Waals surface area (Å²) in [6, 6.07) is 8.25. The second kappa shape index (κ2) is 13.7. The maximum Gasteiger partial charge on any atom is 1.00 e. The summed E-state index contributed by atoms with van der Waals surface area (Å²) in [6.45, 7) is 2.94. The van der Waals surface area contributed by atoms with E-state index in [1.807, 2.05) is 21.9 Å². The minimum atomic E-state index is 0. The molecule has 0 spiro atoms. The first-order valence-electron chi connectivity index (χ1n) is 6.53. The smallest absolute Gasteiger partial charge is 0.411 e. The Labute approximate surface area is 217 Å². The van der Waals surface area contributed by atoms with Gasteiger partial charge in [-0.2, -0.15) is 0 Å². The van der Waals surface area contributed by atoms with Crippen molar-refractivity contribution in [1.82, 2.24) is 9.80 Å². The second-order valence-electron chi connectivity index (χ2n) is 4.53. The van der Waals surface area contributed by atoms with Crippen LogP contribution in [0.2, 0.25) is 0 Å². The van der Waals surface area contributed by atoms with Gasteiger partial charge < -0.3 is 59.5 Å². The van der Waals surface area contributed by atoms with E-state index in [4.69, 9.17) is 49.7 Å². The average molecular weight is 449 g/mol. The molecule has 2 aromatic heterocycles. The van der Waals surface area contributed by atoms with Gasteiger partial charge in [-0.15, -0.1) is 22.7 Å². The Morgan fingerprint density at radius 3 is 1.46 bits per heavy atom. The van der Waals surface area contributed by atoms with Gasteiger partial charge in [0, 0.05) is 22.8 Å². The molecule has 0 N–H and O–H groups in total. The maximum atomic E-state index is 5.19. The third-order valence-corrected chi connectivity index (χ3v) is 5.76. The molecule has 0 fully saturated rings. The quantitative estimate of drug-likeness (QED) is 0.267. The number of hydrogen-bond acceptors (Lipinski definition) is 6. The molecule has 0 radical (unpaired) electrons. The van der Waals surface area contributed by atoms with Crippen LogP contribution in [0.25, 0.3) is 0 Å². The van der Waals surface area contributed by atoms with Gasteiger partial charge in [-0.3, -0.25) is 0 Å². The van der Waals surface area contributed by atoms with Gasteiger partial charge in [0.25, 0.3) is 0 Å². The van der Waals surface area contributed by atoms with E-state index in [0.717, 1.165) is 26.2 Å². The topological polar surface area (TPSA) is 6.48 Å². The van der Waals surface area contributed by atoms with Crippen LogP contribution in [0.5, 0.6) is 0 Å². The van der Waals surface area contributed by atoms with Crippen LogP contribution in [-0.2, 0) is 38.3 Å². The number of rotatable bonds is 7. The van der Waals surface area contributed by atoms with Gasteiger partial charge in [0.05, 0.1) is 13.1 Å². The van der Waals surface area contributed by atoms with E-state index in [2.05, 4.69) is 22.9 Å². The van der Waals surface area contributed by atoms with E-state index < -0.39 is 0 Å². The third kappa shape index (κ3) is 9.01. The molecule has 0 saturated carbocycles. The molecule has 2 aromatic rings. The fourth-order valence-corrected chi connectivity index (χ4v) is 3.95. The molecule has 0 atom stereocenters. The van der Waals surface area contributed by atoms with Gasteiger partial charge in [-0.05, 0) is 22.9 Å². The molecule has 0 aliphatic heterocycles. The van der Waals surface area contributed by atoms with Crippen molar-refractivity contribution >= 4 is 81.0 Å². The number of thiophene rings is 2. The van der Waals surface area contributed by atoms with Crippen LogP contribution in [0.3, 0.4) is 0 Å². The molecule has 0 unspecified atom stereocenters. The van der Waals surface area contributed by atoms with E-state index >= 15 is 0 Å². The van der Waals surface area contributed by atoms with Gasteiger partial charge in [-0.25, -0.2) is 0 Å². The Bertz CT molecular complexity index is 549. The van der Waals surface area contributed by atoms with Gasteiger partial charge in [0.1, 0.15) is 0 Å². The Balaban J connectivity index is 0.00000264. The zero-order chi connectivity index (χ0) is 15.9. The fraction of sp³-hybridized carbons (Fsp3) is 0.286. The number of thiocarbonyl (C=S) groups is 2. The van der Waals surface area contributed by atoms with Crippen molar-refractivity contribution in [3.63, 3.8) is 0 Å². The van der Waals surface area contributed by atoms with Crippen molar-refractivity contribution in [1.29, 1.82) is 0 Å². The van der Waals surface area contributed by atoms with E-state index in [1.54, 1.807) is 22.7 Å². The number of nitrogens with zero attached hydrogens (tertiary/aromatic N) is 2. The van der Waals surface area contributed by atoms with E-state index in [0.29, 0.717) is 8.64 Å². The molecule has 0 aromatic carbocycles. The Kier molecular flexibility index (Phi) is 14.7.